The zero-order valence-electron chi connectivity index (χ0n) is 14.9. The number of nitrogens with zero attached hydrogens (tertiary/aromatic N) is 2. The van der Waals surface area contributed by atoms with Crippen LogP contribution in [-0.2, 0) is 16.1 Å². The third-order valence-electron chi connectivity index (χ3n) is 4.33. The highest BCUT2D eigenvalue weighted by Gasteiger charge is 2.19. The molecule has 0 saturated carbocycles. The molecular weight excluding hydrogens is 330 g/mol. The predicted molar refractivity (Wildman–Crippen MR) is 100 cm³/mol. The number of carbonyl (C=O) groups excluding carboxylic acids is 2. The van der Waals surface area contributed by atoms with Crippen molar-refractivity contribution < 1.29 is 14.3 Å². The van der Waals surface area contributed by atoms with Gasteiger partial charge in [-0.15, -0.1) is 0 Å². The van der Waals surface area contributed by atoms with Gasteiger partial charge < -0.3 is 15.0 Å². The summed E-state index contributed by atoms with van der Waals surface area (Å²) in [7, 11) is 0. The van der Waals surface area contributed by atoms with Gasteiger partial charge in [-0.1, -0.05) is 12.1 Å². The van der Waals surface area contributed by atoms with Crippen molar-refractivity contribution in [3.8, 4) is 0 Å². The summed E-state index contributed by atoms with van der Waals surface area (Å²) in [5.74, 6) is 0.304. The van der Waals surface area contributed by atoms with Crippen LogP contribution in [0.3, 0.4) is 0 Å². The first-order chi connectivity index (χ1) is 12.7. The van der Waals surface area contributed by atoms with Crippen molar-refractivity contribution in [2.45, 2.75) is 32.7 Å². The van der Waals surface area contributed by atoms with E-state index >= 15 is 0 Å². The number of esters is 1. The second kappa shape index (κ2) is 8.47. The van der Waals surface area contributed by atoms with E-state index in [2.05, 4.69) is 10.3 Å². The van der Waals surface area contributed by atoms with Gasteiger partial charge in [-0.2, -0.15) is 0 Å². The Balaban J connectivity index is 1.65. The molecule has 1 N–H and O–H groups in total. The fourth-order valence-corrected chi connectivity index (χ4v) is 2.98. The van der Waals surface area contributed by atoms with Crippen LogP contribution in [0.2, 0.25) is 0 Å². The Morgan fingerprint density at radius 3 is 2.77 bits per heavy atom. The molecule has 0 bridgehead atoms. The molecule has 6 nitrogen and oxygen atoms in total. The largest absolute Gasteiger partial charge is 0.462 e. The first-order valence-corrected chi connectivity index (χ1v) is 8.94. The Hall–Kier alpha value is -2.89. The number of nitrogens with one attached hydrogen (secondary N) is 1. The number of hydrogen-bond donors (Lipinski definition) is 1. The zero-order valence-corrected chi connectivity index (χ0v) is 14.9. The number of amides is 1. The summed E-state index contributed by atoms with van der Waals surface area (Å²) in [5, 5.41) is 3.18. The van der Waals surface area contributed by atoms with Crippen LogP contribution in [0, 0.1) is 0 Å². The Kier molecular flexibility index (Phi) is 5.84. The fraction of sp³-hybridized carbons (Fsp3) is 0.350. The third-order valence-corrected chi connectivity index (χ3v) is 4.33. The molecule has 6 heteroatoms. The topological polar surface area (TPSA) is 71.5 Å². The number of carbonyl (C=O) groups is 2. The lowest BCUT2D eigenvalue weighted by molar-refractivity contribution is -0.119. The average Bonchev–Trinajstić information content (AvgIpc) is 2.68. The summed E-state index contributed by atoms with van der Waals surface area (Å²) in [6, 6.07) is 11.3. The van der Waals surface area contributed by atoms with Gasteiger partial charge in [-0.3, -0.25) is 4.79 Å². The Morgan fingerprint density at radius 1 is 1.23 bits per heavy atom. The first-order valence-electron chi connectivity index (χ1n) is 8.94. The Morgan fingerprint density at radius 2 is 2.04 bits per heavy atom. The molecule has 1 fully saturated rings. The van der Waals surface area contributed by atoms with Crippen molar-refractivity contribution >= 4 is 23.4 Å². The summed E-state index contributed by atoms with van der Waals surface area (Å²) < 4.78 is 5.06. The molecule has 136 valence electrons. The van der Waals surface area contributed by atoms with Crippen molar-refractivity contribution in [1.82, 2.24) is 4.98 Å². The molecule has 0 spiro atoms. The van der Waals surface area contributed by atoms with E-state index in [-0.39, 0.29) is 11.9 Å². The Labute approximate surface area is 153 Å². The smallest absolute Gasteiger partial charge is 0.341 e. The standard InChI is InChI=1S/C20H23N3O3/c1-2-26-20(25)17-6-5-12-21-19(17)22-14-15-8-10-16(11-9-15)23-13-4-3-7-18(23)24/h5-6,8-12H,2-4,7,13-14H2,1H3,(H,21,22). The van der Waals surface area contributed by atoms with Crippen molar-refractivity contribution in [1.29, 1.82) is 0 Å². The molecule has 0 atom stereocenters. The van der Waals surface area contributed by atoms with Gasteiger partial charge in [-0.25, -0.2) is 9.78 Å². The van der Waals surface area contributed by atoms with E-state index < -0.39 is 0 Å². The van der Waals surface area contributed by atoms with Crippen molar-refractivity contribution in [3.63, 3.8) is 0 Å². The summed E-state index contributed by atoms with van der Waals surface area (Å²) in [6.45, 7) is 3.41. The number of rotatable bonds is 6. The van der Waals surface area contributed by atoms with Gasteiger partial charge in [0.1, 0.15) is 11.4 Å². The van der Waals surface area contributed by atoms with E-state index in [0.29, 0.717) is 31.0 Å². The molecule has 1 aromatic heterocycles. The molecule has 1 saturated heterocycles. The molecule has 3 rings (SSSR count). The van der Waals surface area contributed by atoms with Crippen LogP contribution in [0.5, 0.6) is 0 Å². The summed E-state index contributed by atoms with van der Waals surface area (Å²) in [6.07, 6.45) is 4.28. The highest BCUT2D eigenvalue weighted by atomic mass is 16.5. The van der Waals surface area contributed by atoms with Gasteiger partial charge in [0.15, 0.2) is 0 Å². The van der Waals surface area contributed by atoms with Gasteiger partial charge in [-0.05, 0) is 49.6 Å². The highest BCUT2D eigenvalue weighted by molar-refractivity contribution is 5.95. The van der Waals surface area contributed by atoms with Gasteiger partial charge in [0.05, 0.1) is 6.61 Å². The lowest BCUT2D eigenvalue weighted by Crippen LogP contribution is -2.35. The van der Waals surface area contributed by atoms with E-state index in [9.17, 15) is 9.59 Å². The van der Waals surface area contributed by atoms with Crippen LogP contribution in [0.4, 0.5) is 11.5 Å². The SMILES string of the molecule is CCOC(=O)c1cccnc1NCc1ccc(N2CCCCC2=O)cc1. The Bertz CT molecular complexity index is 774. The minimum atomic E-state index is -0.387. The van der Waals surface area contributed by atoms with Gasteiger partial charge in [0.25, 0.3) is 0 Å². The molecule has 2 aromatic rings. The second-order valence-corrected chi connectivity index (χ2v) is 6.14. The monoisotopic (exact) mass is 353 g/mol. The first kappa shape index (κ1) is 17.9. The molecule has 2 heterocycles. The molecular formula is C20H23N3O3. The maximum atomic E-state index is 12.0. The normalized spacial score (nSPS) is 14.2. The average molecular weight is 353 g/mol. The van der Waals surface area contributed by atoms with Crippen LogP contribution >= 0.6 is 0 Å². The number of pyridine rings is 1. The molecule has 0 radical (unpaired) electrons. The molecule has 0 unspecified atom stereocenters. The molecule has 0 aliphatic carbocycles. The number of ether oxygens (including phenoxy) is 1. The van der Waals surface area contributed by atoms with E-state index in [1.807, 2.05) is 29.2 Å². The van der Waals surface area contributed by atoms with E-state index in [0.717, 1.165) is 30.6 Å². The summed E-state index contributed by atoms with van der Waals surface area (Å²) in [4.78, 5) is 30.1. The lowest BCUT2D eigenvalue weighted by atomic mass is 10.1. The van der Waals surface area contributed by atoms with Crippen LogP contribution < -0.4 is 10.2 Å². The third kappa shape index (κ3) is 4.20. The number of anilines is 2. The molecule has 1 aliphatic rings. The number of aromatic nitrogens is 1. The van der Waals surface area contributed by atoms with Crippen molar-refractivity contribution in [2.75, 3.05) is 23.4 Å². The van der Waals surface area contributed by atoms with Crippen LogP contribution in [0.25, 0.3) is 0 Å². The summed E-state index contributed by atoms with van der Waals surface area (Å²) in [5.41, 5.74) is 2.40. The van der Waals surface area contributed by atoms with Crippen LogP contribution in [0.15, 0.2) is 42.6 Å². The van der Waals surface area contributed by atoms with Gasteiger partial charge >= 0.3 is 5.97 Å². The lowest BCUT2D eigenvalue weighted by Gasteiger charge is -2.26. The van der Waals surface area contributed by atoms with E-state index in [4.69, 9.17) is 4.74 Å². The minimum Gasteiger partial charge on any atom is -0.462 e. The summed E-state index contributed by atoms with van der Waals surface area (Å²) >= 11 is 0. The molecule has 1 aromatic carbocycles. The number of benzene rings is 1. The maximum Gasteiger partial charge on any atom is 0.341 e. The molecule has 1 amide bonds. The molecule has 1 aliphatic heterocycles. The number of piperidine rings is 1. The van der Waals surface area contributed by atoms with Crippen LogP contribution in [0.1, 0.15) is 42.1 Å². The highest BCUT2D eigenvalue weighted by Crippen LogP contribution is 2.22. The van der Waals surface area contributed by atoms with E-state index in [1.54, 1.807) is 25.3 Å². The minimum absolute atomic E-state index is 0.190. The molecule has 26 heavy (non-hydrogen) atoms. The van der Waals surface area contributed by atoms with Crippen molar-refractivity contribution in [2.24, 2.45) is 0 Å². The second-order valence-electron chi connectivity index (χ2n) is 6.14. The quantitative estimate of drug-likeness (QED) is 0.806. The fourth-order valence-electron chi connectivity index (χ4n) is 2.98. The van der Waals surface area contributed by atoms with Gasteiger partial charge in [0, 0.05) is 31.4 Å². The van der Waals surface area contributed by atoms with Crippen molar-refractivity contribution in [3.05, 3.63) is 53.7 Å². The predicted octanol–water partition coefficient (Wildman–Crippen LogP) is 3.39. The van der Waals surface area contributed by atoms with E-state index in [1.165, 1.54) is 0 Å². The zero-order chi connectivity index (χ0) is 18.4. The number of hydrogen-bond acceptors (Lipinski definition) is 5. The van der Waals surface area contributed by atoms with Crippen LogP contribution in [-0.4, -0.2) is 30.0 Å². The maximum absolute atomic E-state index is 12.0. The van der Waals surface area contributed by atoms with Gasteiger partial charge in [0.2, 0.25) is 5.91 Å².